The van der Waals surface area contributed by atoms with Gasteiger partial charge in [0.05, 0.1) is 6.67 Å². The molecule has 0 unspecified atom stereocenters. The lowest BCUT2D eigenvalue weighted by molar-refractivity contribution is 0.790. The van der Waals surface area contributed by atoms with Crippen LogP contribution in [0.25, 0.3) is 11.1 Å². The lowest BCUT2D eigenvalue weighted by Gasteiger charge is -2.06. The first-order valence-corrected chi connectivity index (χ1v) is 5.23. The van der Waals surface area contributed by atoms with Gasteiger partial charge in [-0.15, -0.1) is 0 Å². The van der Waals surface area contributed by atoms with Crippen molar-refractivity contribution in [1.82, 2.24) is 5.43 Å². The summed E-state index contributed by atoms with van der Waals surface area (Å²) in [6, 6.07) is 18.6. The molecule has 0 saturated heterocycles. The maximum atomic E-state index is 5.18. The van der Waals surface area contributed by atoms with Gasteiger partial charge in [0.15, 0.2) is 0 Å². The van der Waals surface area contributed by atoms with Crippen molar-refractivity contribution in [1.29, 1.82) is 0 Å². The molecule has 3 nitrogen and oxygen atoms in total. The zero-order valence-electron chi connectivity index (χ0n) is 8.98. The van der Waals surface area contributed by atoms with Crippen molar-refractivity contribution in [3.8, 4) is 11.1 Å². The van der Waals surface area contributed by atoms with Crippen molar-refractivity contribution in [3.63, 3.8) is 0 Å². The fourth-order valence-electron chi connectivity index (χ4n) is 1.56. The summed E-state index contributed by atoms with van der Waals surface area (Å²) in [5.41, 5.74) is 6.05. The van der Waals surface area contributed by atoms with Crippen LogP contribution in [-0.4, -0.2) is 6.67 Å². The average Bonchev–Trinajstić information content (AvgIpc) is 2.38. The zero-order chi connectivity index (χ0) is 11.2. The highest BCUT2D eigenvalue weighted by Gasteiger charge is 1.96. The lowest BCUT2D eigenvalue weighted by Crippen LogP contribution is -2.28. The van der Waals surface area contributed by atoms with Crippen molar-refractivity contribution in [2.24, 2.45) is 5.84 Å². The molecule has 3 heteroatoms. The zero-order valence-corrected chi connectivity index (χ0v) is 8.98. The molecule has 16 heavy (non-hydrogen) atoms. The second kappa shape index (κ2) is 5.30. The van der Waals surface area contributed by atoms with E-state index in [4.69, 9.17) is 5.84 Å². The lowest BCUT2D eigenvalue weighted by atomic mass is 10.1. The first-order chi connectivity index (χ1) is 7.90. The third-order valence-corrected chi connectivity index (χ3v) is 2.39. The standard InChI is InChI=1S/C13H15N3/c14-16-10-15-13-8-6-12(7-9-13)11-4-2-1-3-5-11/h1-9,15-16H,10,14H2. The summed E-state index contributed by atoms with van der Waals surface area (Å²) < 4.78 is 0. The van der Waals surface area contributed by atoms with E-state index < -0.39 is 0 Å². The number of hydrogen-bond donors (Lipinski definition) is 3. The fourth-order valence-corrected chi connectivity index (χ4v) is 1.56. The molecule has 2 rings (SSSR count). The van der Waals surface area contributed by atoms with Gasteiger partial charge >= 0.3 is 0 Å². The summed E-state index contributed by atoms with van der Waals surface area (Å²) in [5.74, 6) is 5.18. The van der Waals surface area contributed by atoms with Gasteiger partial charge in [-0.25, -0.2) is 5.43 Å². The van der Waals surface area contributed by atoms with Crippen molar-refractivity contribution in [3.05, 3.63) is 54.6 Å². The van der Waals surface area contributed by atoms with Crippen LogP contribution in [0.3, 0.4) is 0 Å². The topological polar surface area (TPSA) is 50.1 Å². The normalized spacial score (nSPS) is 10.1. The Morgan fingerprint density at radius 3 is 2.06 bits per heavy atom. The molecule has 0 radical (unpaired) electrons. The smallest absolute Gasteiger partial charge is 0.0780 e. The Kier molecular flexibility index (Phi) is 3.53. The maximum Gasteiger partial charge on any atom is 0.0780 e. The Balaban J connectivity index is 2.13. The van der Waals surface area contributed by atoms with Crippen LogP contribution in [0.2, 0.25) is 0 Å². The third kappa shape index (κ3) is 2.59. The van der Waals surface area contributed by atoms with Crippen LogP contribution in [0.15, 0.2) is 54.6 Å². The molecule has 0 atom stereocenters. The van der Waals surface area contributed by atoms with Crippen LogP contribution in [0.1, 0.15) is 0 Å². The number of hydrazine groups is 1. The molecule has 0 aliphatic rings. The maximum absolute atomic E-state index is 5.18. The molecule has 0 fully saturated rings. The molecule has 2 aromatic rings. The molecule has 0 spiro atoms. The summed E-state index contributed by atoms with van der Waals surface area (Å²) >= 11 is 0. The molecule has 0 amide bonds. The van der Waals surface area contributed by atoms with E-state index in [0.29, 0.717) is 6.67 Å². The minimum Gasteiger partial charge on any atom is -0.371 e. The van der Waals surface area contributed by atoms with E-state index in [1.54, 1.807) is 0 Å². The fraction of sp³-hybridized carbons (Fsp3) is 0.0769. The highest BCUT2D eigenvalue weighted by Crippen LogP contribution is 2.20. The van der Waals surface area contributed by atoms with Gasteiger partial charge in [0.1, 0.15) is 0 Å². The van der Waals surface area contributed by atoms with E-state index in [1.165, 1.54) is 11.1 Å². The molecule has 0 aliphatic heterocycles. The summed E-state index contributed by atoms with van der Waals surface area (Å²) in [6.45, 7) is 0.560. The van der Waals surface area contributed by atoms with Gasteiger partial charge in [-0.2, -0.15) is 0 Å². The van der Waals surface area contributed by atoms with Gasteiger partial charge in [-0.1, -0.05) is 42.5 Å². The summed E-state index contributed by atoms with van der Waals surface area (Å²) in [5, 5.41) is 3.14. The summed E-state index contributed by atoms with van der Waals surface area (Å²) in [6.07, 6.45) is 0. The number of anilines is 1. The van der Waals surface area contributed by atoms with Crippen LogP contribution in [0.5, 0.6) is 0 Å². The molecule has 0 bridgehead atoms. The Labute approximate surface area is 95.3 Å². The van der Waals surface area contributed by atoms with Crippen LogP contribution < -0.4 is 16.6 Å². The molecule has 0 aromatic heterocycles. The van der Waals surface area contributed by atoms with E-state index in [1.807, 2.05) is 30.3 Å². The van der Waals surface area contributed by atoms with E-state index in [-0.39, 0.29) is 0 Å². The molecular weight excluding hydrogens is 198 g/mol. The third-order valence-electron chi connectivity index (χ3n) is 2.39. The van der Waals surface area contributed by atoms with Crippen molar-refractivity contribution >= 4 is 5.69 Å². The molecule has 82 valence electrons. The largest absolute Gasteiger partial charge is 0.371 e. The van der Waals surface area contributed by atoms with Crippen LogP contribution in [0.4, 0.5) is 5.69 Å². The van der Waals surface area contributed by atoms with Crippen LogP contribution >= 0.6 is 0 Å². The van der Waals surface area contributed by atoms with Gasteiger partial charge < -0.3 is 5.32 Å². The van der Waals surface area contributed by atoms with Crippen LogP contribution in [0, 0.1) is 0 Å². The second-order valence-corrected chi connectivity index (χ2v) is 3.50. The predicted octanol–water partition coefficient (Wildman–Crippen LogP) is 2.19. The number of rotatable bonds is 4. The number of benzene rings is 2. The Morgan fingerprint density at radius 2 is 1.44 bits per heavy atom. The van der Waals surface area contributed by atoms with E-state index in [9.17, 15) is 0 Å². The SMILES string of the molecule is NNCNc1ccc(-c2ccccc2)cc1. The minimum atomic E-state index is 0.560. The quantitative estimate of drug-likeness (QED) is 0.414. The first-order valence-electron chi connectivity index (χ1n) is 5.23. The average molecular weight is 213 g/mol. The van der Waals surface area contributed by atoms with E-state index >= 15 is 0 Å². The number of nitrogens with two attached hydrogens (primary N) is 1. The molecule has 4 N–H and O–H groups in total. The predicted molar refractivity (Wildman–Crippen MR) is 67.7 cm³/mol. The van der Waals surface area contributed by atoms with Gasteiger partial charge in [0, 0.05) is 5.69 Å². The Hall–Kier alpha value is -1.84. The minimum absolute atomic E-state index is 0.560. The Bertz CT molecular complexity index is 423. The van der Waals surface area contributed by atoms with Gasteiger partial charge in [0.2, 0.25) is 0 Å². The highest BCUT2D eigenvalue weighted by molar-refractivity contribution is 5.65. The number of hydrogen-bond acceptors (Lipinski definition) is 3. The van der Waals surface area contributed by atoms with Gasteiger partial charge in [0.25, 0.3) is 0 Å². The Morgan fingerprint density at radius 1 is 0.812 bits per heavy atom. The highest BCUT2D eigenvalue weighted by atomic mass is 15.3. The number of nitrogens with one attached hydrogen (secondary N) is 2. The van der Waals surface area contributed by atoms with Crippen molar-refractivity contribution in [2.75, 3.05) is 12.0 Å². The molecule has 0 aliphatic carbocycles. The molecule has 2 aromatic carbocycles. The van der Waals surface area contributed by atoms with Gasteiger partial charge in [-0.05, 0) is 23.3 Å². The van der Waals surface area contributed by atoms with Crippen molar-refractivity contribution in [2.45, 2.75) is 0 Å². The van der Waals surface area contributed by atoms with Gasteiger partial charge in [-0.3, -0.25) is 5.84 Å². The van der Waals surface area contributed by atoms with E-state index in [2.05, 4.69) is 35.0 Å². The monoisotopic (exact) mass is 213 g/mol. The molecular formula is C13H15N3. The summed E-state index contributed by atoms with van der Waals surface area (Å²) in [7, 11) is 0. The summed E-state index contributed by atoms with van der Waals surface area (Å²) in [4.78, 5) is 0. The van der Waals surface area contributed by atoms with Crippen LogP contribution in [-0.2, 0) is 0 Å². The molecule has 0 heterocycles. The van der Waals surface area contributed by atoms with Crippen molar-refractivity contribution < 1.29 is 0 Å². The molecule has 0 saturated carbocycles. The first kappa shape index (κ1) is 10.7. The second-order valence-electron chi connectivity index (χ2n) is 3.50. The van der Waals surface area contributed by atoms with E-state index in [0.717, 1.165) is 5.69 Å².